The van der Waals surface area contributed by atoms with Gasteiger partial charge in [-0.2, -0.15) is 0 Å². The highest BCUT2D eigenvalue weighted by Crippen LogP contribution is 2.28. The first-order chi connectivity index (χ1) is 8.25. The quantitative estimate of drug-likeness (QED) is 0.815. The summed E-state index contributed by atoms with van der Waals surface area (Å²) in [5, 5.41) is 15.5. The van der Waals surface area contributed by atoms with Crippen LogP contribution >= 0.6 is 11.3 Å². The lowest BCUT2D eigenvalue weighted by atomic mass is 10.00. The highest BCUT2D eigenvalue weighted by Gasteiger charge is 2.19. The molecule has 96 valence electrons. The largest absolute Gasteiger partial charge is 0.392 e. The van der Waals surface area contributed by atoms with Crippen LogP contribution in [0.2, 0.25) is 0 Å². The maximum Gasteiger partial charge on any atom is 0.0667 e. The highest BCUT2D eigenvalue weighted by molar-refractivity contribution is 7.10. The van der Waals surface area contributed by atoms with Crippen LogP contribution in [-0.4, -0.2) is 17.8 Å². The van der Waals surface area contributed by atoms with Crippen molar-refractivity contribution in [2.75, 3.05) is 6.54 Å². The number of aliphatic hydroxyl groups excluding tert-OH is 1. The number of thiophene rings is 1. The lowest BCUT2D eigenvalue weighted by molar-refractivity contribution is 0.138. The number of nitrogens with one attached hydrogen (secondary N) is 1. The summed E-state index contributed by atoms with van der Waals surface area (Å²) in [7, 11) is 0. The summed E-state index contributed by atoms with van der Waals surface area (Å²) in [6.07, 6.45) is 6.15. The first-order valence-electron chi connectivity index (χ1n) is 6.70. The van der Waals surface area contributed by atoms with E-state index in [1.165, 1.54) is 30.6 Å². The van der Waals surface area contributed by atoms with Gasteiger partial charge < -0.3 is 10.4 Å². The second kappa shape index (κ2) is 6.53. The van der Waals surface area contributed by atoms with Gasteiger partial charge in [0.05, 0.1) is 6.10 Å². The Labute approximate surface area is 108 Å². The van der Waals surface area contributed by atoms with Gasteiger partial charge in [-0.1, -0.05) is 31.7 Å². The Morgan fingerprint density at radius 2 is 2.24 bits per heavy atom. The van der Waals surface area contributed by atoms with Gasteiger partial charge in [0.1, 0.15) is 0 Å². The van der Waals surface area contributed by atoms with Crippen molar-refractivity contribution >= 4 is 11.3 Å². The van der Waals surface area contributed by atoms with E-state index in [2.05, 4.69) is 29.8 Å². The van der Waals surface area contributed by atoms with E-state index >= 15 is 0 Å². The van der Waals surface area contributed by atoms with Crippen LogP contribution in [0.4, 0.5) is 0 Å². The first kappa shape index (κ1) is 13.1. The van der Waals surface area contributed by atoms with Crippen molar-refractivity contribution in [3.63, 3.8) is 0 Å². The van der Waals surface area contributed by atoms with Crippen LogP contribution < -0.4 is 5.32 Å². The minimum absolute atomic E-state index is 0.180. The molecule has 0 spiro atoms. The molecule has 1 saturated carbocycles. The van der Waals surface area contributed by atoms with Crippen molar-refractivity contribution in [1.29, 1.82) is 0 Å². The van der Waals surface area contributed by atoms with Crippen molar-refractivity contribution in [3.8, 4) is 0 Å². The van der Waals surface area contributed by atoms with E-state index in [-0.39, 0.29) is 6.10 Å². The molecule has 2 nitrogen and oxygen atoms in total. The van der Waals surface area contributed by atoms with E-state index < -0.39 is 0 Å². The number of hydrogen-bond acceptors (Lipinski definition) is 3. The van der Waals surface area contributed by atoms with Crippen molar-refractivity contribution in [3.05, 3.63) is 22.4 Å². The molecule has 0 aliphatic heterocycles. The molecule has 1 aromatic rings. The maximum absolute atomic E-state index is 10.00. The summed E-state index contributed by atoms with van der Waals surface area (Å²) < 4.78 is 0. The summed E-state index contributed by atoms with van der Waals surface area (Å²) in [5.74, 6) is 0.767. The Hall–Kier alpha value is -0.380. The van der Waals surface area contributed by atoms with E-state index in [1.54, 1.807) is 11.3 Å². The third-order valence-electron chi connectivity index (χ3n) is 3.71. The zero-order valence-corrected chi connectivity index (χ0v) is 11.4. The van der Waals surface area contributed by atoms with Crippen molar-refractivity contribution in [2.45, 2.75) is 51.2 Å². The minimum atomic E-state index is -0.180. The molecule has 0 aromatic carbocycles. The van der Waals surface area contributed by atoms with E-state index in [1.807, 2.05) is 0 Å². The van der Waals surface area contributed by atoms with Gasteiger partial charge in [0, 0.05) is 17.5 Å². The lowest BCUT2D eigenvalue weighted by Crippen LogP contribution is -2.30. The standard InChI is InChI=1S/C14H23NOS/c1-11(14-7-4-8-17-14)15-10-13(16)9-12-5-2-3-6-12/h4,7-8,11-13,15-16H,2-3,5-6,9-10H2,1H3/t11-,13?/m0/s1. The Kier molecular flexibility index (Phi) is 5.01. The molecule has 1 unspecified atom stereocenters. The average Bonchev–Trinajstić information content (AvgIpc) is 2.97. The van der Waals surface area contributed by atoms with Crippen LogP contribution in [0.3, 0.4) is 0 Å². The molecule has 1 aromatic heterocycles. The highest BCUT2D eigenvalue weighted by atomic mass is 32.1. The fourth-order valence-corrected chi connectivity index (χ4v) is 3.42. The fraction of sp³-hybridized carbons (Fsp3) is 0.714. The molecule has 0 saturated heterocycles. The fourth-order valence-electron chi connectivity index (χ4n) is 2.67. The molecule has 17 heavy (non-hydrogen) atoms. The molecule has 2 rings (SSSR count). The molecule has 3 heteroatoms. The molecule has 0 bridgehead atoms. The zero-order valence-electron chi connectivity index (χ0n) is 10.6. The van der Waals surface area contributed by atoms with Crippen LogP contribution in [-0.2, 0) is 0 Å². The summed E-state index contributed by atoms with van der Waals surface area (Å²) in [6, 6.07) is 4.58. The second-order valence-electron chi connectivity index (χ2n) is 5.19. The summed E-state index contributed by atoms with van der Waals surface area (Å²) in [6.45, 7) is 2.88. The van der Waals surface area contributed by atoms with E-state index in [0.29, 0.717) is 6.04 Å². The van der Waals surface area contributed by atoms with Crippen molar-refractivity contribution in [2.24, 2.45) is 5.92 Å². The van der Waals surface area contributed by atoms with Gasteiger partial charge in [-0.05, 0) is 30.7 Å². The molecule has 2 atom stereocenters. The Balaban J connectivity index is 1.66. The Bertz CT molecular complexity index is 306. The van der Waals surface area contributed by atoms with Crippen molar-refractivity contribution in [1.82, 2.24) is 5.32 Å². The van der Waals surface area contributed by atoms with Crippen LogP contribution in [0.1, 0.15) is 49.9 Å². The van der Waals surface area contributed by atoms with Gasteiger partial charge in [-0.25, -0.2) is 0 Å². The maximum atomic E-state index is 10.00. The molecule has 2 N–H and O–H groups in total. The van der Waals surface area contributed by atoms with E-state index in [9.17, 15) is 5.11 Å². The molecule has 0 radical (unpaired) electrons. The third-order valence-corrected chi connectivity index (χ3v) is 4.76. The monoisotopic (exact) mass is 253 g/mol. The van der Waals surface area contributed by atoms with Gasteiger partial charge >= 0.3 is 0 Å². The van der Waals surface area contributed by atoms with Crippen LogP contribution in [0.25, 0.3) is 0 Å². The van der Waals surface area contributed by atoms with E-state index in [4.69, 9.17) is 0 Å². The van der Waals surface area contributed by atoms with E-state index in [0.717, 1.165) is 18.9 Å². The van der Waals surface area contributed by atoms with Crippen molar-refractivity contribution < 1.29 is 5.11 Å². The molecule has 1 fully saturated rings. The number of hydrogen-bond donors (Lipinski definition) is 2. The second-order valence-corrected chi connectivity index (χ2v) is 6.16. The van der Waals surface area contributed by atoms with Gasteiger partial charge in [0.15, 0.2) is 0 Å². The Morgan fingerprint density at radius 3 is 2.88 bits per heavy atom. The molecule has 1 aliphatic rings. The van der Waals surface area contributed by atoms with Crippen LogP contribution in [0.5, 0.6) is 0 Å². The molecular formula is C14H23NOS. The molecular weight excluding hydrogens is 230 g/mol. The number of aliphatic hydroxyl groups is 1. The van der Waals surface area contributed by atoms with Gasteiger partial charge in [0.25, 0.3) is 0 Å². The lowest BCUT2D eigenvalue weighted by Gasteiger charge is -2.18. The van der Waals surface area contributed by atoms with Crippen LogP contribution in [0, 0.1) is 5.92 Å². The first-order valence-corrected chi connectivity index (χ1v) is 7.58. The van der Waals surface area contributed by atoms with Gasteiger partial charge in [-0.15, -0.1) is 11.3 Å². The SMILES string of the molecule is C[C@H](NCC(O)CC1CCCC1)c1cccs1. The molecule has 1 aliphatic carbocycles. The summed E-state index contributed by atoms with van der Waals surface area (Å²) in [5.41, 5.74) is 0. The van der Waals surface area contributed by atoms with Gasteiger partial charge in [0.2, 0.25) is 0 Å². The molecule has 0 amide bonds. The van der Waals surface area contributed by atoms with Gasteiger partial charge in [-0.3, -0.25) is 0 Å². The normalized spacial score (nSPS) is 20.6. The topological polar surface area (TPSA) is 32.3 Å². The zero-order chi connectivity index (χ0) is 12.1. The summed E-state index contributed by atoms with van der Waals surface area (Å²) >= 11 is 1.77. The predicted molar refractivity (Wildman–Crippen MR) is 73.3 cm³/mol. The average molecular weight is 253 g/mol. The predicted octanol–water partition coefficient (Wildman–Crippen LogP) is 3.34. The Morgan fingerprint density at radius 1 is 1.47 bits per heavy atom. The molecule has 1 heterocycles. The third kappa shape index (κ3) is 4.09. The minimum Gasteiger partial charge on any atom is -0.392 e. The number of rotatable bonds is 6. The smallest absolute Gasteiger partial charge is 0.0667 e. The van der Waals surface area contributed by atoms with Crippen LogP contribution in [0.15, 0.2) is 17.5 Å². The summed E-state index contributed by atoms with van der Waals surface area (Å²) in [4.78, 5) is 1.35.